The summed E-state index contributed by atoms with van der Waals surface area (Å²) in [5.41, 5.74) is 3.05. The average Bonchev–Trinajstić information content (AvgIpc) is 3.19. The van der Waals surface area contributed by atoms with Crippen molar-refractivity contribution in [3.8, 4) is 11.4 Å². The van der Waals surface area contributed by atoms with Crippen molar-refractivity contribution < 1.29 is 13.9 Å². The quantitative estimate of drug-likeness (QED) is 0.406. The zero-order valence-electron chi connectivity index (χ0n) is 17.3. The number of carbonyl (C=O) groups excluding carboxylic acids is 1. The van der Waals surface area contributed by atoms with Crippen molar-refractivity contribution in [2.24, 2.45) is 7.05 Å². The average molecular weight is 417 g/mol. The first-order valence-electron chi connectivity index (χ1n) is 9.32. The van der Waals surface area contributed by atoms with Gasteiger partial charge in [-0.2, -0.15) is 0 Å². The fourth-order valence-electron chi connectivity index (χ4n) is 3.58. The van der Waals surface area contributed by atoms with Crippen molar-refractivity contribution in [1.29, 1.82) is 0 Å². The Kier molecular flexibility index (Phi) is 6.54. The number of carbonyl (C=O) groups is 1. The Morgan fingerprint density at radius 1 is 1.28 bits per heavy atom. The Bertz CT molecular complexity index is 1030. The minimum absolute atomic E-state index is 0.0226. The Labute approximate surface area is 174 Å². The topological polar surface area (TPSA) is 61.9 Å². The summed E-state index contributed by atoms with van der Waals surface area (Å²) in [5, 5.41) is 8.80. The van der Waals surface area contributed by atoms with Gasteiger partial charge in [0.15, 0.2) is 16.8 Å². The number of halogens is 1. The highest BCUT2D eigenvalue weighted by atomic mass is 32.2. The molecule has 0 radical (unpaired) electrons. The number of hydrogen-bond acceptors (Lipinski definition) is 5. The van der Waals surface area contributed by atoms with Crippen LogP contribution in [0.15, 0.2) is 35.5 Å². The number of ketones is 1. The van der Waals surface area contributed by atoms with Crippen molar-refractivity contribution in [3.05, 3.63) is 53.1 Å². The van der Waals surface area contributed by atoms with E-state index in [1.54, 1.807) is 36.9 Å². The van der Waals surface area contributed by atoms with Gasteiger partial charge in [0.05, 0.1) is 24.0 Å². The summed E-state index contributed by atoms with van der Waals surface area (Å²) in [6.07, 6.45) is 0. The van der Waals surface area contributed by atoms with Gasteiger partial charge in [-0.15, -0.1) is 10.2 Å². The van der Waals surface area contributed by atoms with E-state index in [2.05, 4.69) is 21.7 Å². The Hall–Kier alpha value is -2.45. The fraction of sp³-hybridized carbons (Fsp3) is 0.381. The lowest BCUT2D eigenvalue weighted by Gasteiger charge is -2.17. The number of aryl methyl sites for hydroxylation is 1. The highest BCUT2D eigenvalue weighted by molar-refractivity contribution is 7.99. The molecule has 3 rings (SSSR count). The fourth-order valence-corrected chi connectivity index (χ4v) is 4.37. The maximum atomic E-state index is 14.1. The van der Waals surface area contributed by atoms with E-state index in [4.69, 9.17) is 4.74 Å². The van der Waals surface area contributed by atoms with Gasteiger partial charge in [0.2, 0.25) is 0 Å². The summed E-state index contributed by atoms with van der Waals surface area (Å²) in [6.45, 7) is 6.59. The molecule has 0 fully saturated rings. The number of rotatable bonds is 8. The molecule has 29 heavy (non-hydrogen) atoms. The van der Waals surface area contributed by atoms with Crippen LogP contribution in [-0.2, 0) is 11.8 Å². The molecular weight excluding hydrogens is 391 g/mol. The van der Waals surface area contributed by atoms with E-state index in [9.17, 15) is 9.18 Å². The molecule has 154 valence electrons. The Morgan fingerprint density at radius 2 is 2.00 bits per heavy atom. The van der Waals surface area contributed by atoms with Crippen LogP contribution in [0.3, 0.4) is 0 Å². The van der Waals surface area contributed by atoms with Crippen LogP contribution in [0.25, 0.3) is 11.4 Å². The highest BCUT2D eigenvalue weighted by Gasteiger charge is 2.20. The van der Waals surface area contributed by atoms with Crippen LogP contribution in [-0.4, -0.2) is 44.6 Å². The van der Waals surface area contributed by atoms with Gasteiger partial charge in [0.25, 0.3) is 0 Å². The van der Waals surface area contributed by atoms with Gasteiger partial charge in [-0.3, -0.25) is 4.79 Å². The first-order valence-corrected chi connectivity index (χ1v) is 10.3. The number of Topliss-reactive ketones (excluding diaryl/α,β-unsaturated/α-hetero) is 1. The van der Waals surface area contributed by atoms with Crippen molar-refractivity contribution >= 4 is 17.5 Å². The number of aromatic nitrogens is 4. The van der Waals surface area contributed by atoms with Gasteiger partial charge in [-0.05, 0) is 39.0 Å². The predicted octanol–water partition coefficient (Wildman–Crippen LogP) is 4.22. The van der Waals surface area contributed by atoms with Crippen molar-refractivity contribution in [2.45, 2.75) is 32.0 Å². The lowest BCUT2D eigenvalue weighted by Crippen LogP contribution is -2.14. The predicted molar refractivity (Wildman–Crippen MR) is 112 cm³/mol. The van der Waals surface area contributed by atoms with Gasteiger partial charge in [-0.1, -0.05) is 23.9 Å². The van der Waals surface area contributed by atoms with E-state index in [-0.39, 0.29) is 23.4 Å². The molecule has 3 aromatic rings. The summed E-state index contributed by atoms with van der Waals surface area (Å²) in [7, 11) is 3.44. The molecule has 1 aromatic carbocycles. The molecule has 0 aliphatic rings. The molecule has 0 saturated carbocycles. The normalized spacial score (nSPS) is 12.3. The van der Waals surface area contributed by atoms with Crippen LogP contribution in [0.5, 0.6) is 0 Å². The number of ether oxygens (including phenoxy) is 1. The zero-order chi connectivity index (χ0) is 21.1. The summed E-state index contributed by atoms with van der Waals surface area (Å²) in [5.74, 6) is 0.332. The van der Waals surface area contributed by atoms with Crippen molar-refractivity contribution in [2.75, 3.05) is 19.5 Å². The smallest absolute Gasteiger partial charge is 0.191 e. The molecule has 8 heteroatoms. The van der Waals surface area contributed by atoms with E-state index >= 15 is 0 Å². The minimum atomic E-state index is -0.353. The van der Waals surface area contributed by atoms with Crippen LogP contribution in [0.4, 0.5) is 4.39 Å². The lowest BCUT2D eigenvalue weighted by atomic mass is 10.2. The molecule has 0 aliphatic heterocycles. The third kappa shape index (κ3) is 4.28. The molecular formula is C21H25FN4O2S. The molecule has 0 N–H and O–H groups in total. The largest absolute Gasteiger partial charge is 0.383 e. The standard InChI is InChI=1S/C21H25FN4O2S/c1-13-10-17(15(3)26(13)14(2)11-28-5)19(27)12-29-21-24-23-20(25(21)4)16-8-6-7-9-18(16)22/h6-10,14H,11-12H2,1-5H3. The number of methoxy groups -OCH3 is 1. The molecule has 0 spiro atoms. The van der Waals surface area contributed by atoms with Crippen LogP contribution < -0.4 is 0 Å². The molecule has 1 unspecified atom stereocenters. The van der Waals surface area contributed by atoms with Crippen LogP contribution in [0.2, 0.25) is 0 Å². The summed E-state index contributed by atoms with van der Waals surface area (Å²) in [6, 6.07) is 8.51. The molecule has 0 saturated heterocycles. The van der Waals surface area contributed by atoms with Gasteiger partial charge in [-0.25, -0.2) is 4.39 Å². The van der Waals surface area contributed by atoms with Gasteiger partial charge >= 0.3 is 0 Å². The lowest BCUT2D eigenvalue weighted by molar-refractivity contribution is 0.102. The zero-order valence-corrected chi connectivity index (χ0v) is 18.1. The Balaban J connectivity index is 1.76. The van der Waals surface area contributed by atoms with Crippen molar-refractivity contribution in [3.63, 3.8) is 0 Å². The SMILES string of the molecule is COCC(C)n1c(C)cc(C(=O)CSc2nnc(-c3ccccc3F)n2C)c1C. The third-order valence-electron chi connectivity index (χ3n) is 4.92. The summed E-state index contributed by atoms with van der Waals surface area (Å²) < 4.78 is 23.1. The van der Waals surface area contributed by atoms with Gasteiger partial charge in [0, 0.05) is 31.1 Å². The Morgan fingerprint density at radius 3 is 2.69 bits per heavy atom. The van der Waals surface area contributed by atoms with E-state index in [0.717, 1.165) is 11.4 Å². The second kappa shape index (κ2) is 8.92. The molecule has 0 bridgehead atoms. The molecule has 2 aromatic heterocycles. The van der Waals surface area contributed by atoms with E-state index in [0.29, 0.717) is 28.7 Å². The third-order valence-corrected chi connectivity index (χ3v) is 5.94. The monoisotopic (exact) mass is 416 g/mol. The van der Waals surface area contributed by atoms with Crippen LogP contribution in [0.1, 0.15) is 34.7 Å². The number of hydrogen-bond donors (Lipinski definition) is 0. The molecule has 0 amide bonds. The van der Waals surface area contributed by atoms with E-state index < -0.39 is 0 Å². The molecule has 0 aliphatic carbocycles. The minimum Gasteiger partial charge on any atom is -0.383 e. The van der Waals surface area contributed by atoms with Gasteiger partial charge < -0.3 is 13.9 Å². The maximum absolute atomic E-state index is 14.1. The first kappa shape index (κ1) is 21.3. The molecule has 1 atom stereocenters. The van der Waals surface area contributed by atoms with Crippen LogP contribution in [0, 0.1) is 19.7 Å². The van der Waals surface area contributed by atoms with E-state index in [1.165, 1.54) is 17.8 Å². The summed E-state index contributed by atoms with van der Waals surface area (Å²) in [4.78, 5) is 12.8. The maximum Gasteiger partial charge on any atom is 0.191 e. The van der Waals surface area contributed by atoms with E-state index in [1.807, 2.05) is 19.9 Å². The number of nitrogens with zero attached hydrogens (tertiary/aromatic N) is 4. The molecule has 6 nitrogen and oxygen atoms in total. The van der Waals surface area contributed by atoms with Gasteiger partial charge in [0.1, 0.15) is 5.82 Å². The van der Waals surface area contributed by atoms with Crippen LogP contribution >= 0.6 is 11.8 Å². The highest BCUT2D eigenvalue weighted by Crippen LogP contribution is 2.26. The summed E-state index contributed by atoms with van der Waals surface area (Å²) >= 11 is 1.30. The first-order chi connectivity index (χ1) is 13.8. The second-order valence-corrected chi connectivity index (χ2v) is 7.96. The second-order valence-electron chi connectivity index (χ2n) is 7.02. The van der Waals surface area contributed by atoms with Crippen molar-refractivity contribution in [1.82, 2.24) is 19.3 Å². The number of benzene rings is 1. The number of thioether (sulfide) groups is 1. The molecule has 2 heterocycles.